The molecule has 1 aromatic carbocycles. The number of anilines is 1. The number of carbonyl (C=O) groups excluding carboxylic acids is 2. The Morgan fingerprint density at radius 2 is 1.76 bits per heavy atom. The first-order chi connectivity index (χ1) is 18.1. The number of aliphatic hydroxyl groups is 1. The summed E-state index contributed by atoms with van der Waals surface area (Å²) in [5.41, 5.74) is 0.682. The van der Waals surface area contributed by atoms with Gasteiger partial charge in [-0.1, -0.05) is 58.2 Å². The lowest BCUT2D eigenvalue weighted by atomic mass is 9.85. The molecule has 1 saturated carbocycles. The Balaban J connectivity index is 1.84. The Labute approximate surface area is 225 Å². The third kappa shape index (κ3) is 5.53. The first kappa shape index (κ1) is 27.6. The molecule has 3 unspecified atom stereocenters. The number of aromatic nitrogens is 1. The Morgan fingerprint density at radius 1 is 1.08 bits per heavy atom. The summed E-state index contributed by atoms with van der Waals surface area (Å²) in [5, 5.41) is 23.3. The molecule has 0 bridgehead atoms. The van der Waals surface area contributed by atoms with Crippen LogP contribution in [0.3, 0.4) is 0 Å². The minimum Gasteiger partial charge on any atom is -0.391 e. The summed E-state index contributed by atoms with van der Waals surface area (Å²) < 4.78 is 0. The van der Waals surface area contributed by atoms with Crippen LogP contribution < -0.4 is 10.2 Å². The van der Waals surface area contributed by atoms with Gasteiger partial charge in [-0.25, -0.2) is 0 Å². The van der Waals surface area contributed by atoms with Gasteiger partial charge in [0.15, 0.2) is 11.7 Å². The Hall–Kier alpha value is -3.44. The number of rotatable bonds is 6. The normalized spacial score (nSPS) is 21.8. The van der Waals surface area contributed by atoms with Gasteiger partial charge in [0.05, 0.1) is 12.6 Å². The molecule has 2 amide bonds. The Kier molecular flexibility index (Phi) is 8.08. The summed E-state index contributed by atoms with van der Waals surface area (Å²) in [7, 11) is 0. The molecule has 202 valence electrons. The SMILES string of the molecule is CC(C)(C)c1ccc(N(C(=O)C2CC(O)CN2C#N)C(C)(C(=O)NC2CCCCC2)c2cccnc2)cc1. The van der Waals surface area contributed by atoms with E-state index in [1.165, 1.54) is 9.80 Å². The molecule has 2 heterocycles. The van der Waals surface area contributed by atoms with Crippen LogP contribution in [0.4, 0.5) is 5.69 Å². The van der Waals surface area contributed by atoms with Crippen LogP contribution in [0.1, 0.15) is 77.3 Å². The van der Waals surface area contributed by atoms with Crippen LogP contribution in [0.25, 0.3) is 0 Å². The van der Waals surface area contributed by atoms with Crippen LogP contribution in [0.2, 0.25) is 0 Å². The summed E-state index contributed by atoms with van der Waals surface area (Å²) in [4.78, 5) is 35.7. The lowest BCUT2D eigenvalue weighted by Crippen LogP contribution is -2.61. The highest BCUT2D eigenvalue weighted by molar-refractivity contribution is 6.06. The minimum absolute atomic E-state index is 0.0383. The van der Waals surface area contributed by atoms with Crippen molar-refractivity contribution in [2.24, 2.45) is 0 Å². The number of hydrogen-bond acceptors (Lipinski definition) is 6. The molecular formula is C30H39N5O3. The van der Waals surface area contributed by atoms with Gasteiger partial charge in [0, 0.05) is 36.1 Å². The summed E-state index contributed by atoms with van der Waals surface area (Å²) in [6.07, 6.45) is 9.72. The molecule has 1 saturated heterocycles. The van der Waals surface area contributed by atoms with Crippen LogP contribution in [0, 0.1) is 11.5 Å². The van der Waals surface area contributed by atoms with Crippen LogP contribution in [0.5, 0.6) is 0 Å². The van der Waals surface area contributed by atoms with Crippen molar-refractivity contribution in [3.63, 3.8) is 0 Å². The second-order valence-electron chi connectivity index (χ2n) is 11.8. The molecule has 38 heavy (non-hydrogen) atoms. The number of nitrogens with one attached hydrogen (secondary N) is 1. The van der Waals surface area contributed by atoms with Crippen LogP contribution in [-0.4, -0.2) is 51.5 Å². The van der Waals surface area contributed by atoms with Gasteiger partial charge in [-0.2, -0.15) is 5.26 Å². The summed E-state index contributed by atoms with van der Waals surface area (Å²) in [6.45, 7) is 8.19. The van der Waals surface area contributed by atoms with E-state index in [-0.39, 0.29) is 30.3 Å². The number of β-amino-alcohol motifs (C(OH)–C–C–N with tert-alkyl or cyclic N) is 1. The highest BCUT2D eigenvalue weighted by Crippen LogP contribution is 2.37. The molecule has 2 aliphatic rings. The van der Waals surface area contributed by atoms with E-state index in [9.17, 15) is 20.0 Å². The van der Waals surface area contributed by atoms with E-state index in [1.807, 2.05) is 30.3 Å². The molecule has 2 N–H and O–H groups in total. The summed E-state index contributed by atoms with van der Waals surface area (Å²) in [6, 6.07) is 10.4. The predicted octanol–water partition coefficient (Wildman–Crippen LogP) is 3.99. The van der Waals surface area contributed by atoms with Crippen molar-refractivity contribution in [2.75, 3.05) is 11.4 Å². The zero-order valence-electron chi connectivity index (χ0n) is 22.9. The molecule has 0 spiro atoms. The molecule has 3 atom stereocenters. The van der Waals surface area contributed by atoms with Crippen molar-refractivity contribution in [1.82, 2.24) is 15.2 Å². The average molecular weight is 518 g/mol. The van der Waals surface area contributed by atoms with Gasteiger partial charge in [-0.05, 0) is 48.9 Å². The lowest BCUT2D eigenvalue weighted by molar-refractivity contribution is -0.132. The highest BCUT2D eigenvalue weighted by Gasteiger charge is 2.49. The zero-order valence-corrected chi connectivity index (χ0v) is 22.9. The van der Waals surface area contributed by atoms with Crippen LogP contribution in [-0.2, 0) is 20.5 Å². The first-order valence-electron chi connectivity index (χ1n) is 13.6. The maximum Gasteiger partial charge on any atom is 0.251 e. The zero-order chi connectivity index (χ0) is 27.5. The quantitative estimate of drug-likeness (QED) is 0.561. The second-order valence-corrected chi connectivity index (χ2v) is 11.8. The number of likely N-dealkylation sites (tertiary alicyclic amines) is 1. The fourth-order valence-corrected chi connectivity index (χ4v) is 5.61. The third-order valence-electron chi connectivity index (χ3n) is 7.96. The van der Waals surface area contributed by atoms with Crippen molar-refractivity contribution >= 4 is 17.5 Å². The number of amides is 2. The van der Waals surface area contributed by atoms with Gasteiger partial charge >= 0.3 is 0 Å². The van der Waals surface area contributed by atoms with Gasteiger partial charge in [0.25, 0.3) is 11.8 Å². The van der Waals surface area contributed by atoms with E-state index in [2.05, 4.69) is 37.3 Å². The molecule has 1 aromatic heterocycles. The summed E-state index contributed by atoms with van der Waals surface area (Å²) >= 11 is 0. The second kappa shape index (κ2) is 11.1. The van der Waals surface area contributed by atoms with Crippen LogP contribution in [0.15, 0.2) is 48.8 Å². The smallest absolute Gasteiger partial charge is 0.251 e. The van der Waals surface area contributed by atoms with E-state index < -0.39 is 23.6 Å². The summed E-state index contributed by atoms with van der Waals surface area (Å²) in [5.74, 6) is -0.690. The molecule has 2 fully saturated rings. The molecule has 1 aliphatic heterocycles. The average Bonchev–Trinajstić information content (AvgIpc) is 3.30. The maximum absolute atomic E-state index is 14.4. The van der Waals surface area contributed by atoms with Crippen molar-refractivity contribution < 1.29 is 14.7 Å². The van der Waals surface area contributed by atoms with Crippen molar-refractivity contribution in [1.29, 1.82) is 5.26 Å². The molecule has 4 rings (SSSR count). The number of nitrogens with zero attached hydrogens (tertiary/aromatic N) is 4. The number of nitriles is 1. The molecule has 2 aromatic rings. The van der Waals surface area contributed by atoms with Crippen molar-refractivity contribution in [3.8, 4) is 6.19 Å². The topological polar surface area (TPSA) is 110 Å². The van der Waals surface area contributed by atoms with E-state index in [4.69, 9.17) is 0 Å². The largest absolute Gasteiger partial charge is 0.391 e. The molecule has 8 nitrogen and oxygen atoms in total. The van der Waals surface area contributed by atoms with Gasteiger partial charge in [0.2, 0.25) is 0 Å². The fourth-order valence-electron chi connectivity index (χ4n) is 5.61. The standard InChI is InChI=1S/C30H39N5O3/c1-29(2,3)21-12-14-24(15-13-21)35(27(37)26-17-25(36)19-34(26)20-31)30(4,22-9-8-16-32-18-22)28(38)33-23-10-6-5-7-11-23/h8-9,12-16,18,23,25-26,36H,5-7,10-11,17,19H2,1-4H3,(H,33,38). The maximum atomic E-state index is 14.4. The number of benzene rings is 1. The lowest BCUT2D eigenvalue weighted by Gasteiger charge is -2.43. The van der Waals surface area contributed by atoms with Crippen molar-refractivity contribution in [2.45, 2.75) is 95.4 Å². The first-order valence-corrected chi connectivity index (χ1v) is 13.6. The third-order valence-corrected chi connectivity index (χ3v) is 7.96. The van der Waals surface area contributed by atoms with E-state index in [1.54, 1.807) is 25.4 Å². The predicted molar refractivity (Wildman–Crippen MR) is 146 cm³/mol. The van der Waals surface area contributed by atoms with Gasteiger partial charge in [-0.3, -0.25) is 24.4 Å². The minimum atomic E-state index is -1.44. The van der Waals surface area contributed by atoms with Crippen LogP contribution >= 0.6 is 0 Å². The van der Waals surface area contributed by atoms with E-state index in [0.717, 1.165) is 37.7 Å². The fraction of sp³-hybridized carbons (Fsp3) is 0.533. The molecule has 0 radical (unpaired) electrons. The van der Waals surface area contributed by atoms with E-state index in [0.29, 0.717) is 11.3 Å². The van der Waals surface area contributed by atoms with Gasteiger partial charge in [0.1, 0.15) is 6.04 Å². The Morgan fingerprint density at radius 3 is 2.34 bits per heavy atom. The number of aliphatic hydroxyl groups excluding tert-OH is 1. The Bertz CT molecular complexity index is 1170. The number of carbonyl (C=O) groups is 2. The van der Waals surface area contributed by atoms with Gasteiger partial charge < -0.3 is 10.4 Å². The molecule has 8 heteroatoms. The highest BCUT2D eigenvalue weighted by atomic mass is 16.3. The van der Waals surface area contributed by atoms with Gasteiger partial charge in [-0.15, -0.1) is 0 Å². The number of hydrogen-bond donors (Lipinski definition) is 2. The van der Waals surface area contributed by atoms with Crippen molar-refractivity contribution in [3.05, 3.63) is 59.9 Å². The monoisotopic (exact) mass is 517 g/mol. The van der Waals surface area contributed by atoms with E-state index >= 15 is 0 Å². The number of pyridine rings is 1. The molecular weight excluding hydrogens is 478 g/mol. The molecule has 1 aliphatic carbocycles.